The van der Waals surface area contributed by atoms with Gasteiger partial charge in [0.15, 0.2) is 5.82 Å². The summed E-state index contributed by atoms with van der Waals surface area (Å²) >= 11 is 0. The Morgan fingerprint density at radius 3 is 2.90 bits per heavy atom. The Labute approximate surface area is 121 Å². The quantitative estimate of drug-likeness (QED) is 0.844. The third kappa shape index (κ3) is 1.94. The molecule has 0 radical (unpaired) electrons. The fourth-order valence-corrected chi connectivity index (χ4v) is 3.87. The van der Waals surface area contributed by atoms with Gasteiger partial charge in [-0.3, -0.25) is 0 Å². The maximum atomic E-state index is 13.7. The van der Waals surface area contributed by atoms with Crippen LogP contribution in [0.3, 0.4) is 0 Å². The van der Waals surface area contributed by atoms with Crippen molar-refractivity contribution < 1.29 is 8.91 Å². The normalized spacial score (nSPS) is 27.0. The van der Waals surface area contributed by atoms with Crippen LogP contribution >= 0.6 is 0 Å². The molecule has 2 fully saturated rings. The van der Waals surface area contributed by atoms with E-state index >= 15 is 0 Å². The van der Waals surface area contributed by atoms with Crippen LogP contribution in [0.2, 0.25) is 0 Å². The second-order valence-corrected chi connectivity index (χ2v) is 6.01. The zero-order valence-electron chi connectivity index (χ0n) is 11.4. The summed E-state index contributed by atoms with van der Waals surface area (Å²) < 4.78 is 18.9. The van der Waals surface area contributed by atoms with Gasteiger partial charge in [0.1, 0.15) is 17.4 Å². The Morgan fingerprint density at radius 1 is 1.29 bits per heavy atom. The van der Waals surface area contributed by atoms with Crippen molar-refractivity contribution in [3.8, 4) is 17.5 Å². The topological polar surface area (TPSA) is 62.7 Å². The largest absolute Gasteiger partial charge is 0.334 e. The molecule has 1 aromatic heterocycles. The number of aromatic nitrogens is 2. The van der Waals surface area contributed by atoms with Gasteiger partial charge in [0.2, 0.25) is 0 Å². The zero-order chi connectivity index (χ0) is 14.4. The predicted octanol–water partition coefficient (Wildman–Crippen LogP) is 3.65. The third-order valence-corrected chi connectivity index (χ3v) is 4.87. The summed E-state index contributed by atoms with van der Waals surface area (Å²) in [6.07, 6.45) is 4.94. The number of benzene rings is 1. The highest BCUT2D eigenvalue weighted by Crippen LogP contribution is 2.52. The summed E-state index contributed by atoms with van der Waals surface area (Å²) in [5.74, 6) is 2.21. The standard InChI is InChI=1S/C16H14FN3O/c17-14-3-1-2-11(13(14)8-18)16-19-15(20-21-16)12-7-9-4-5-10(12)6-9/h1-3,9-10,12H,4-7H2. The van der Waals surface area contributed by atoms with Crippen LogP contribution < -0.4 is 0 Å². The molecule has 3 atom stereocenters. The smallest absolute Gasteiger partial charge is 0.259 e. The van der Waals surface area contributed by atoms with E-state index in [0.29, 0.717) is 23.2 Å². The molecule has 1 heterocycles. The van der Waals surface area contributed by atoms with Gasteiger partial charge in [-0.2, -0.15) is 10.2 Å². The number of nitrogens with zero attached hydrogens (tertiary/aromatic N) is 3. The summed E-state index contributed by atoms with van der Waals surface area (Å²) in [6.45, 7) is 0. The van der Waals surface area contributed by atoms with Crippen LogP contribution in [0.4, 0.5) is 4.39 Å². The van der Waals surface area contributed by atoms with E-state index in [2.05, 4.69) is 10.1 Å². The van der Waals surface area contributed by atoms with Gasteiger partial charge in [0, 0.05) is 5.92 Å². The van der Waals surface area contributed by atoms with Crippen LogP contribution in [-0.2, 0) is 0 Å². The fraction of sp³-hybridized carbons (Fsp3) is 0.438. The number of nitriles is 1. The Bertz CT molecular complexity index is 733. The van der Waals surface area contributed by atoms with Crippen LogP contribution in [0.15, 0.2) is 22.7 Å². The van der Waals surface area contributed by atoms with Crippen molar-refractivity contribution in [3.63, 3.8) is 0 Å². The summed E-state index contributed by atoms with van der Waals surface area (Å²) in [5, 5.41) is 13.2. The molecule has 0 saturated heterocycles. The summed E-state index contributed by atoms with van der Waals surface area (Å²) in [5.41, 5.74) is 0.333. The Balaban J connectivity index is 1.69. The van der Waals surface area contributed by atoms with Gasteiger partial charge in [-0.1, -0.05) is 17.6 Å². The van der Waals surface area contributed by atoms with Crippen LogP contribution in [0.1, 0.15) is 43.0 Å². The molecule has 2 aliphatic carbocycles. The Morgan fingerprint density at radius 2 is 2.19 bits per heavy atom. The molecule has 1 aromatic carbocycles. The highest BCUT2D eigenvalue weighted by Gasteiger charge is 2.42. The second kappa shape index (κ2) is 4.66. The van der Waals surface area contributed by atoms with Crippen LogP contribution in [-0.4, -0.2) is 10.1 Å². The maximum absolute atomic E-state index is 13.7. The lowest BCUT2D eigenvalue weighted by Gasteiger charge is -2.17. The van der Waals surface area contributed by atoms with E-state index in [4.69, 9.17) is 9.78 Å². The molecule has 106 valence electrons. The van der Waals surface area contributed by atoms with Gasteiger partial charge in [0.25, 0.3) is 5.89 Å². The number of hydrogen-bond acceptors (Lipinski definition) is 4. The second-order valence-electron chi connectivity index (χ2n) is 6.01. The molecule has 2 aromatic rings. The molecule has 0 N–H and O–H groups in total. The summed E-state index contributed by atoms with van der Waals surface area (Å²) in [4.78, 5) is 4.44. The molecule has 3 unspecified atom stereocenters. The molecule has 5 heteroatoms. The molecule has 0 spiro atoms. The predicted molar refractivity (Wildman–Crippen MR) is 72.6 cm³/mol. The minimum Gasteiger partial charge on any atom is -0.334 e. The number of halogens is 1. The van der Waals surface area contributed by atoms with Crippen molar-refractivity contribution >= 4 is 0 Å². The van der Waals surface area contributed by atoms with Crippen molar-refractivity contribution in [2.45, 2.75) is 31.6 Å². The van der Waals surface area contributed by atoms with E-state index in [-0.39, 0.29) is 11.5 Å². The van der Waals surface area contributed by atoms with Crippen LogP contribution in [0.5, 0.6) is 0 Å². The molecule has 2 saturated carbocycles. The van der Waals surface area contributed by atoms with Crippen molar-refractivity contribution in [3.05, 3.63) is 35.4 Å². The van der Waals surface area contributed by atoms with E-state index in [9.17, 15) is 4.39 Å². The maximum Gasteiger partial charge on any atom is 0.259 e. The van der Waals surface area contributed by atoms with Gasteiger partial charge >= 0.3 is 0 Å². The first-order valence-corrected chi connectivity index (χ1v) is 7.29. The molecule has 2 bridgehead atoms. The lowest BCUT2D eigenvalue weighted by atomic mass is 9.88. The first-order valence-electron chi connectivity index (χ1n) is 7.29. The van der Waals surface area contributed by atoms with Gasteiger partial charge < -0.3 is 4.52 Å². The minimum absolute atomic E-state index is 0.0411. The monoisotopic (exact) mass is 283 g/mol. The first kappa shape index (κ1) is 12.5. The minimum atomic E-state index is -0.560. The van der Waals surface area contributed by atoms with Gasteiger partial charge in [0.05, 0.1) is 5.56 Å². The van der Waals surface area contributed by atoms with E-state index in [1.807, 2.05) is 6.07 Å². The van der Waals surface area contributed by atoms with Crippen molar-refractivity contribution in [1.82, 2.24) is 10.1 Å². The molecular formula is C16H14FN3O. The number of rotatable bonds is 2. The molecular weight excluding hydrogens is 269 g/mol. The van der Waals surface area contributed by atoms with E-state index in [1.54, 1.807) is 12.1 Å². The average molecular weight is 283 g/mol. The zero-order valence-corrected chi connectivity index (χ0v) is 11.4. The van der Waals surface area contributed by atoms with Crippen molar-refractivity contribution in [2.75, 3.05) is 0 Å². The van der Waals surface area contributed by atoms with Gasteiger partial charge in [-0.05, 0) is 43.2 Å². The first-order chi connectivity index (χ1) is 10.3. The highest BCUT2D eigenvalue weighted by atomic mass is 19.1. The lowest BCUT2D eigenvalue weighted by molar-refractivity contribution is 0.372. The van der Waals surface area contributed by atoms with Crippen molar-refractivity contribution in [2.24, 2.45) is 11.8 Å². The Kier molecular flexibility index (Phi) is 2.78. The molecule has 4 rings (SSSR count). The van der Waals surface area contributed by atoms with Gasteiger partial charge in [-0.25, -0.2) is 4.39 Å². The molecule has 2 aliphatic rings. The van der Waals surface area contributed by atoms with Crippen LogP contribution in [0, 0.1) is 29.0 Å². The number of fused-ring (bicyclic) bond motifs is 2. The fourth-order valence-electron chi connectivity index (χ4n) is 3.87. The summed E-state index contributed by atoms with van der Waals surface area (Å²) in [7, 11) is 0. The molecule has 0 aliphatic heterocycles. The summed E-state index contributed by atoms with van der Waals surface area (Å²) in [6, 6.07) is 6.31. The molecule has 4 nitrogen and oxygen atoms in total. The highest BCUT2D eigenvalue weighted by molar-refractivity contribution is 5.63. The van der Waals surface area contributed by atoms with Crippen molar-refractivity contribution in [1.29, 1.82) is 5.26 Å². The van der Waals surface area contributed by atoms with Crippen LogP contribution in [0.25, 0.3) is 11.5 Å². The van der Waals surface area contributed by atoms with E-state index < -0.39 is 5.82 Å². The lowest BCUT2D eigenvalue weighted by Crippen LogP contribution is -2.09. The molecule has 0 amide bonds. The average Bonchev–Trinajstić information content (AvgIpc) is 3.22. The third-order valence-electron chi connectivity index (χ3n) is 4.87. The van der Waals surface area contributed by atoms with E-state index in [1.165, 1.54) is 25.3 Å². The van der Waals surface area contributed by atoms with E-state index in [0.717, 1.165) is 12.3 Å². The van der Waals surface area contributed by atoms with Gasteiger partial charge in [-0.15, -0.1) is 0 Å². The molecule has 21 heavy (non-hydrogen) atoms. The number of hydrogen-bond donors (Lipinski definition) is 0. The Hall–Kier alpha value is -2.22. The SMILES string of the molecule is N#Cc1c(F)cccc1-c1nc(C2CC3CCC2C3)no1.